The number of hydrogen-bond donors (Lipinski definition) is 4. The Kier molecular flexibility index (Phi) is 56.9. The Bertz CT molecular complexity index is 956. The van der Waals surface area contributed by atoms with Gasteiger partial charge in [-0.2, -0.15) is 0 Å². The van der Waals surface area contributed by atoms with Gasteiger partial charge in [-0.1, -0.05) is 328 Å². The third-order valence-corrected chi connectivity index (χ3v) is 14.9. The van der Waals surface area contributed by atoms with Crippen molar-refractivity contribution in [2.45, 2.75) is 372 Å². The second-order valence-electron chi connectivity index (χ2n) is 21.6. The fourth-order valence-corrected chi connectivity index (χ4v) is 10.1. The van der Waals surface area contributed by atoms with Gasteiger partial charge in [0.25, 0.3) is 0 Å². The summed E-state index contributed by atoms with van der Waals surface area (Å²) in [6, 6.07) is -0.711. The zero-order valence-corrected chi connectivity index (χ0v) is 45.8. The first kappa shape index (κ1) is 66.1. The van der Waals surface area contributed by atoms with Crippen molar-refractivity contribution in [3.8, 4) is 0 Å². The first-order valence-corrected chi connectivity index (χ1v) is 31.0. The molecule has 5 heteroatoms. The molecule has 3 unspecified atom stereocenters. The van der Waals surface area contributed by atoms with E-state index in [4.69, 9.17) is 0 Å². The number of carbonyl (C=O) groups is 1. The number of unbranched alkanes of at least 4 members (excludes halogenated alkanes) is 48. The molecule has 0 fully saturated rings. The highest BCUT2D eigenvalue weighted by molar-refractivity contribution is 5.80. The van der Waals surface area contributed by atoms with E-state index in [1.807, 2.05) is 0 Å². The van der Waals surface area contributed by atoms with Gasteiger partial charge in [-0.05, 0) is 38.5 Å². The largest absolute Gasteiger partial charge is 0.394 e. The van der Waals surface area contributed by atoms with Crippen molar-refractivity contribution < 1.29 is 20.1 Å². The second-order valence-corrected chi connectivity index (χ2v) is 21.6. The van der Waals surface area contributed by atoms with Gasteiger partial charge >= 0.3 is 0 Å². The van der Waals surface area contributed by atoms with E-state index in [9.17, 15) is 20.1 Å². The van der Waals surface area contributed by atoms with E-state index < -0.39 is 24.2 Å². The van der Waals surface area contributed by atoms with Gasteiger partial charge in [0.15, 0.2) is 0 Å². The summed E-state index contributed by atoms with van der Waals surface area (Å²) in [7, 11) is 0. The molecule has 0 aromatic rings. The molecule has 0 aromatic heterocycles. The highest BCUT2D eigenvalue weighted by Crippen LogP contribution is 2.19. The number of hydrogen-bond acceptors (Lipinski definition) is 4. The average Bonchev–Trinajstić information content (AvgIpc) is 3.33. The van der Waals surface area contributed by atoms with Gasteiger partial charge in [-0.15, -0.1) is 0 Å². The van der Waals surface area contributed by atoms with E-state index in [2.05, 4.69) is 31.3 Å². The van der Waals surface area contributed by atoms with Crippen LogP contribution in [0.25, 0.3) is 0 Å². The Morgan fingerprint density at radius 3 is 0.821 bits per heavy atom. The minimum atomic E-state index is -1.07. The molecular formula is C62H123NO4. The van der Waals surface area contributed by atoms with Crippen molar-refractivity contribution in [2.24, 2.45) is 0 Å². The lowest BCUT2D eigenvalue weighted by molar-refractivity contribution is -0.131. The predicted molar refractivity (Wildman–Crippen MR) is 296 cm³/mol. The third-order valence-electron chi connectivity index (χ3n) is 14.9. The fourth-order valence-electron chi connectivity index (χ4n) is 10.1. The zero-order chi connectivity index (χ0) is 48.6. The summed E-state index contributed by atoms with van der Waals surface area (Å²) in [6.45, 7) is 4.28. The van der Waals surface area contributed by atoms with Crippen molar-refractivity contribution in [3.05, 3.63) is 12.2 Å². The van der Waals surface area contributed by atoms with Crippen LogP contribution in [0.1, 0.15) is 354 Å². The molecule has 0 radical (unpaired) electrons. The lowest BCUT2D eigenvalue weighted by atomic mass is 10.0. The zero-order valence-electron chi connectivity index (χ0n) is 45.8. The van der Waals surface area contributed by atoms with Crippen molar-refractivity contribution in [1.29, 1.82) is 0 Å². The Balaban J connectivity index is 3.49. The maximum atomic E-state index is 12.6. The van der Waals surface area contributed by atoms with E-state index >= 15 is 0 Å². The summed E-state index contributed by atoms with van der Waals surface area (Å²) >= 11 is 0. The quantitative estimate of drug-likeness (QED) is 0.0361. The van der Waals surface area contributed by atoms with E-state index in [0.717, 1.165) is 32.1 Å². The summed E-state index contributed by atoms with van der Waals surface area (Å²) in [6.07, 6.45) is 72.8. The smallest absolute Gasteiger partial charge is 0.249 e. The van der Waals surface area contributed by atoms with Crippen molar-refractivity contribution in [3.63, 3.8) is 0 Å². The molecule has 67 heavy (non-hydrogen) atoms. The van der Waals surface area contributed by atoms with Gasteiger partial charge in [0, 0.05) is 0 Å². The summed E-state index contributed by atoms with van der Waals surface area (Å²) in [4.78, 5) is 12.6. The maximum absolute atomic E-state index is 12.6. The molecule has 0 aliphatic carbocycles. The molecular weight excluding hydrogens is 823 g/mol. The van der Waals surface area contributed by atoms with Crippen LogP contribution in [-0.2, 0) is 4.79 Å². The van der Waals surface area contributed by atoms with Crippen LogP contribution in [0.4, 0.5) is 0 Å². The van der Waals surface area contributed by atoms with E-state index in [-0.39, 0.29) is 6.61 Å². The average molecular weight is 947 g/mol. The molecule has 0 bridgehead atoms. The van der Waals surface area contributed by atoms with Crippen molar-refractivity contribution >= 4 is 5.91 Å². The standard InChI is InChI=1S/C62H123NO4/c1-3-5-7-9-11-13-15-17-19-21-23-25-27-29-30-31-33-35-37-39-41-43-45-47-49-51-53-55-57-61(66)62(67)63-59(58-64)60(65)56-54-52-50-48-46-44-42-40-38-36-34-32-28-26-24-22-20-18-16-14-12-10-8-6-4-2/h29-30,59-61,64-66H,3-28,31-58H2,1-2H3,(H,63,67)/b30-29-. The van der Waals surface area contributed by atoms with Crippen LogP contribution in [-0.4, -0.2) is 46.1 Å². The number of carbonyl (C=O) groups excluding carboxylic acids is 1. The molecule has 0 aromatic carbocycles. The monoisotopic (exact) mass is 946 g/mol. The number of amides is 1. The van der Waals surface area contributed by atoms with Gasteiger partial charge in [-0.3, -0.25) is 4.79 Å². The van der Waals surface area contributed by atoms with Crippen LogP contribution >= 0.6 is 0 Å². The topological polar surface area (TPSA) is 89.8 Å². The lowest BCUT2D eigenvalue weighted by Crippen LogP contribution is -2.49. The molecule has 0 spiro atoms. The van der Waals surface area contributed by atoms with Gasteiger partial charge in [-0.25, -0.2) is 0 Å². The van der Waals surface area contributed by atoms with Gasteiger partial charge in [0.2, 0.25) is 5.91 Å². The lowest BCUT2D eigenvalue weighted by Gasteiger charge is -2.23. The van der Waals surface area contributed by atoms with Crippen LogP contribution in [0, 0.1) is 0 Å². The van der Waals surface area contributed by atoms with E-state index in [0.29, 0.717) is 12.8 Å². The van der Waals surface area contributed by atoms with Crippen LogP contribution in [0.15, 0.2) is 12.2 Å². The molecule has 1 amide bonds. The molecule has 0 aliphatic rings. The molecule has 4 N–H and O–H groups in total. The molecule has 0 heterocycles. The maximum Gasteiger partial charge on any atom is 0.249 e. The highest BCUT2D eigenvalue weighted by atomic mass is 16.3. The predicted octanol–water partition coefficient (Wildman–Crippen LogP) is 19.5. The Labute approximate surface area is 420 Å². The fraction of sp³-hybridized carbons (Fsp3) is 0.952. The van der Waals surface area contributed by atoms with Gasteiger partial charge in [0.1, 0.15) is 6.10 Å². The highest BCUT2D eigenvalue weighted by Gasteiger charge is 2.23. The molecule has 0 saturated carbocycles. The van der Waals surface area contributed by atoms with Crippen LogP contribution < -0.4 is 5.32 Å². The number of aliphatic hydroxyl groups is 3. The molecule has 3 atom stereocenters. The molecule has 5 nitrogen and oxygen atoms in total. The third kappa shape index (κ3) is 52.7. The van der Waals surface area contributed by atoms with Gasteiger partial charge < -0.3 is 20.6 Å². The summed E-state index contributed by atoms with van der Waals surface area (Å²) in [5, 5.41) is 33.6. The molecule has 0 rings (SSSR count). The molecule has 400 valence electrons. The first-order chi connectivity index (χ1) is 33.1. The minimum Gasteiger partial charge on any atom is -0.394 e. The number of aliphatic hydroxyl groups excluding tert-OH is 3. The Morgan fingerprint density at radius 1 is 0.343 bits per heavy atom. The number of nitrogens with one attached hydrogen (secondary N) is 1. The van der Waals surface area contributed by atoms with E-state index in [1.54, 1.807) is 0 Å². The Morgan fingerprint density at radius 2 is 0.567 bits per heavy atom. The number of allylic oxidation sites excluding steroid dienone is 2. The second kappa shape index (κ2) is 57.7. The van der Waals surface area contributed by atoms with Crippen LogP contribution in [0.3, 0.4) is 0 Å². The van der Waals surface area contributed by atoms with E-state index in [1.165, 1.54) is 295 Å². The SMILES string of the molecule is CCCCCCCCCCCCCC/C=C\CCCCCCCCCCCCCCC(O)C(=O)NC(CO)C(O)CCCCCCCCCCCCCCCCCCCCCCCCCCC. The first-order valence-electron chi connectivity index (χ1n) is 31.0. The van der Waals surface area contributed by atoms with Crippen molar-refractivity contribution in [1.82, 2.24) is 5.32 Å². The Hall–Kier alpha value is -0.910. The van der Waals surface area contributed by atoms with Crippen molar-refractivity contribution in [2.75, 3.05) is 6.61 Å². The normalized spacial score (nSPS) is 13.2. The summed E-state index contributed by atoms with van der Waals surface area (Å²) < 4.78 is 0. The molecule has 0 saturated heterocycles. The van der Waals surface area contributed by atoms with Crippen LogP contribution in [0.2, 0.25) is 0 Å². The minimum absolute atomic E-state index is 0.309. The summed E-state index contributed by atoms with van der Waals surface area (Å²) in [5.74, 6) is -0.464. The van der Waals surface area contributed by atoms with Crippen LogP contribution in [0.5, 0.6) is 0 Å². The summed E-state index contributed by atoms with van der Waals surface area (Å²) in [5.41, 5.74) is 0. The number of rotatable bonds is 58. The molecule has 0 aliphatic heterocycles. The van der Waals surface area contributed by atoms with Gasteiger partial charge in [0.05, 0.1) is 18.8 Å².